The van der Waals surface area contributed by atoms with Crippen LogP contribution in [0.1, 0.15) is 21.1 Å². The van der Waals surface area contributed by atoms with Crippen molar-refractivity contribution in [3.63, 3.8) is 0 Å². The molecule has 0 unspecified atom stereocenters. The highest BCUT2D eigenvalue weighted by molar-refractivity contribution is 7.12. The quantitative estimate of drug-likeness (QED) is 0.850. The first-order valence-corrected chi connectivity index (χ1v) is 6.04. The number of hydrogen-bond donors (Lipinski definition) is 1. The third-order valence-electron chi connectivity index (χ3n) is 2.00. The largest absolute Gasteiger partial charge is 0.290 e. The van der Waals surface area contributed by atoms with Crippen molar-refractivity contribution in [1.29, 1.82) is 0 Å². The molecule has 1 amide bonds. The van der Waals surface area contributed by atoms with Gasteiger partial charge in [0.15, 0.2) is 0 Å². The highest BCUT2D eigenvalue weighted by Crippen LogP contribution is 2.15. The normalized spacial score (nSPS) is 10.3. The van der Waals surface area contributed by atoms with Crippen LogP contribution in [-0.2, 0) is 0 Å². The molecule has 5 nitrogen and oxygen atoms in total. The molecule has 7 heteroatoms. The molecule has 1 N–H and O–H groups in total. The summed E-state index contributed by atoms with van der Waals surface area (Å²) in [5, 5.41) is 2.89. The molecule has 0 saturated heterocycles. The number of carbonyl (C=O) groups is 1. The number of halogens is 1. The zero-order valence-electron chi connectivity index (χ0n) is 9.19. The molecule has 2 aromatic rings. The van der Waals surface area contributed by atoms with E-state index in [4.69, 9.17) is 11.6 Å². The Labute approximate surface area is 107 Å². The molecule has 0 aromatic carbocycles. The summed E-state index contributed by atoms with van der Waals surface area (Å²) < 4.78 is 0. The van der Waals surface area contributed by atoms with E-state index < -0.39 is 0 Å². The average Bonchev–Trinajstić information content (AvgIpc) is 2.62. The van der Waals surface area contributed by atoms with Crippen LogP contribution in [0.4, 0.5) is 5.95 Å². The Kier molecular flexibility index (Phi) is 3.35. The van der Waals surface area contributed by atoms with E-state index in [1.54, 1.807) is 25.4 Å². The van der Waals surface area contributed by atoms with Gasteiger partial charge in [-0.3, -0.25) is 10.1 Å². The fourth-order valence-electron chi connectivity index (χ4n) is 1.26. The SMILES string of the molecule is Cc1cc(Cl)nc(NC(=O)c2scnc2C)n1. The molecule has 0 aliphatic rings. The van der Waals surface area contributed by atoms with E-state index >= 15 is 0 Å². The van der Waals surface area contributed by atoms with E-state index in [0.29, 0.717) is 21.4 Å². The maximum atomic E-state index is 11.9. The van der Waals surface area contributed by atoms with Crippen molar-refractivity contribution >= 4 is 34.8 Å². The van der Waals surface area contributed by atoms with Crippen LogP contribution >= 0.6 is 22.9 Å². The third-order valence-corrected chi connectivity index (χ3v) is 3.12. The maximum absolute atomic E-state index is 11.9. The van der Waals surface area contributed by atoms with Crippen molar-refractivity contribution in [2.24, 2.45) is 0 Å². The molecule has 2 rings (SSSR count). The first kappa shape index (κ1) is 11.9. The standard InChI is InChI=1S/C10H9ClN4OS/c1-5-3-7(11)14-10(13-5)15-9(16)8-6(2)12-4-17-8/h3-4H,1-2H3,(H,13,14,15,16). The molecule has 0 aliphatic heterocycles. The molecule has 0 fully saturated rings. The number of nitrogens with one attached hydrogen (secondary N) is 1. The zero-order chi connectivity index (χ0) is 12.4. The van der Waals surface area contributed by atoms with Gasteiger partial charge in [0.1, 0.15) is 10.0 Å². The highest BCUT2D eigenvalue weighted by Gasteiger charge is 2.13. The number of amides is 1. The Morgan fingerprint density at radius 1 is 1.41 bits per heavy atom. The maximum Gasteiger partial charge on any atom is 0.270 e. The number of thiazole rings is 1. The van der Waals surface area contributed by atoms with Crippen molar-refractivity contribution in [2.45, 2.75) is 13.8 Å². The van der Waals surface area contributed by atoms with Gasteiger partial charge in [-0.2, -0.15) is 0 Å². The van der Waals surface area contributed by atoms with E-state index in [-0.39, 0.29) is 11.9 Å². The van der Waals surface area contributed by atoms with Crippen molar-refractivity contribution in [1.82, 2.24) is 15.0 Å². The van der Waals surface area contributed by atoms with Gasteiger partial charge in [0.05, 0.1) is 11.2 Å². The second-order valence-electron chi connectivity index (χ2n) is 3.38. The predicted molar refractivity (Wildman–Crippen MR) is 66.6 cm³/mol. The van der Waals surface area contributed by atoms with E-state index in [9.17, 15) is 4.79 Å². The highest BCUT2D eigenvalue weighted by atomic mass is 35.5. The number of carbonyl (C=O) groups excluding carboxylic acids is 1. The summed E-state index contributed by atoms with van der Waals surface area (Å²) >= 11 is 7.05. The van der Waals surface area contributed by atoms with E-state index in [2.05, 4.69) is 20.3 Å². The van der Waals surface area contributed by atoms with Crippen molar-refractivity contribution in [2.75, 3.05) is 5.32 Å². The van der Waals surface area contributed by atoms with Gasteiger partial charge in [0.25, 0.3) is 5.91 Å². The fourth-order valence-corrected chi connectivity index (χ4v) is 2.20. The van der Waals surface area contributed by atoms with E-state index in [0.717, 1.165) is 0 Å². The lowest BCUT2D eigenvalue weighted by Crippen LogP contribution is -2.14. The Morgan fingerprint density at radius 2 is 2.18 bits per heavy atom. The fraction of sp³-hybridized carbons (Fsp3) is 0.200. The van der Waals surface area contributed by atoms with Crippen LogP contribution in [0.2, 0.25) is 5.15 Å². The summed E-state index contributed by atoms with van der Waals surface area (Å²) in [6, 6.07) is 1.62. The lowest BCUT2D eigenvalue weighted by atomic mass is 10.4. The van der Waals surface area contributed by atoms with Crippen LogP contribution in [0, 0.1) is 13.8 Å². The van der Waals surface area contributed by atoms with E-state index in [1.807, 2.05) is 0 Å². The molecule has 0 bridgehead atoms. The van der Waals surface area contributed by atoms with Crippen LogP contribution in [0.3, 0.4) is 0 Å². The average molecular weight is 269 g/mol. The zero-order valence-corrected chi connectivity index (χ0v) is 10.8. The molecule has 0 spiro atoms. The van der Waals surface area contributed by atoms with Crippen LogP contribution in [0.5, 0.6) is 0 Å². The summed E-state index contributed by atoms with van der Waals surface area (Å²) in [6.07, 6.45) is 0. The van der Waals surface area contributed by atoms with Gasteiger partial charge >= 0.3 is 0 Å². The van der Waals surface area contributed by atoms with E-state index in [1.165, 1.54) is 11.3 Å². The molecule has 0 radical (unpaired) electrons. The second kappa shape index (κ2) is 4.77. The molecule has 2 aromatic heterocycles. The minimum absolute atomic E-state index is 0.202. The molecule has 17 heavy (non-hydrogen) atoms. The van der Waals surface area contributed by atoms with Crippen molar-refractivity contribution in [3.05, 3.63) is 33.0 Å². The Morgan fingerprint density at radius 3 is 2.76 bits per heavy atom. The minimum Gasteiger partial charge on any atom is -0.290 e. The molecule has 0 saturated carbocycles. The summed E-state index contributed by atoms with van der Waals surface area (Å²) in [5.74, 6) is -0.0699. The molecule has 88 valence electrons. The number of aryl methyl sites for hydroxylation is 2. The van der Waals surface area contributed by atoms with Crippen LogP contribution in [-0.4, -0.2) is 20.9 Å². The molecule has 0 atom stereocenters. The molecule has 0 aliphatic carbocycles. The lowest BCUT2D eigenvalue weighted by molar-refractivity contribution is 0.102. The molecule has 2 heterocycles. The Balaban J connectivity index is 2.21. The van der Waals surface area contributed by atoms with Crippen molar-refractivity contribution in [3.8, 4) is 0 Å². The number of anilines is 1. The second-order valence-corrected chi connectivity index (χ2v) is 4.62. The van der Waals surface area contributed by atoms with Crippen molar-refractivity contribution < 1.29 is 4.79 Å². The van der Waals surface area contributed by atoms with Gasteiger partial charge in [-0.25, -0.2) is 15.0 Å². The Bertz CT molecular complexity index is 549. The first-order valence-electron chi connectivity index (χ1n) is 4.79. The third kappa shape index (κ3) is 2.78. The molecular weight excluding hydrogens is 260 g/mol. The van der Waals surface area contributed by atoms with Gasteiger partial charge in [0, 0.05) is 5.69 Å². The number of aromatic nitrogens is 3. The smallest absolute Gasteiger partial charge is 0.270 e. The van der Waals surface area contributed by atoms with Crippen LogP contribution in [0.25, 0.3) is 0 Å². The lowest BCUT2D eigenvalue weighted by Gasteiger charge is -2.03. The predicted octanol–water partition coefficient (Wildman–Crippen LogP) is 2.46. The first-order chi connectivity index (χ1) is 8.06. The summed E-state index contributed by atoms with van der Waals surface area (Å²) in [4.78, 5) is 24.4. The number of rotatable bonds is 2. The monoisotopic (exact) mass is 268 g/mol. The number of hydrogen-bond acceptors (Lipinski definition) is 5. The van der Waals surface area contributed by atoms with Gasteiger partial charge < -0.3 is 0 Å². The van der Waals surface area contributed by atoms with Gasteiger partial charge in [-0.15, -0.1) is 11.3 Å². The van der Waals surface area contributed by atoms with Gasteiger partial charge in [-0.05, 0) is 19.9 Å². The summed E-state index contributed by atoms with van der Waals surface area (Å²) in [5.41, 5.74) is 3.00. The van der Waals surface area contributed by atoms with Gasteiger partial charge in [0.2, 0.25) is 5.95 Å². The van der Waals surface area contributed by atoms with Crippen LogP contribution < -0.4 is 5.32 Å². The molecular formula is C10H9ClN4OS. The van der Waals surface area contributed by atoms with Crippen LogP contribution in [0.15, 0.2) is 11.6 Å². The summed E-state index contributed by atoms with van der Waals surface area (Å²) in [7, 11) is 0. The topological polar surface area (TPSA) is 67.8 Å². The van der Waals surface area contributed by atoms with Gasteiger partial charge in [-0.1, -0.05) is 11.6 Å². The minimum atomic E-state index is -0.272. The number of nitrogens with zero attached hydrogens (tertiary/aromatic N) is 3. The Hall–Kier alpha value is -1.53. The summed E-state index contributed by atoms with van der Waals surface area (Å²) in [6.45, 7) is 3.55.